The van der Waals surface area contributed by atoms with Crippen LogP contribution in [-0.2, 0) is 21.4 Å². The molecular formula is C19H19ClN2O4S. The molecule has 0 radical (unpaired) electrons. The molecule has 0 N–H and O–H groups in total. The van der Waals surface area contributed by atoms with Gasteiger partial charge in [0.2, 0.25) is 10.0 Å². The molecular weight excluding hydrogens is 388 g/mol. The van der Waals surface area contributed by atoms with Gasteiger partial charge < -0.3 is 4.74 Å². The Morgan fingerprint density at radius 2 is 1.78 bits per heavy atom. The molecule has 0 atom stereocenters. The number of esters is 1. The third kappa shape index (κ3) is 4.86. The lowest BCUT2D eigenvalue weighted by molar-refractivity contribution is 0.0472. The van der Waals surface area contributed by atoms with Crippen molar-refractivity contribution in [3.63, 3.8) is 0 Å². The number of rotatable bonds is 7. The minimum absolute atomic E-state index is 0.00525. The molecule has 0 unspecified atom stereocenters. The Morgan fingerprint density at radius 3 is 2.33 bits per heavy atom. The third-order valence-electron chi connectivity index (χ3n) is 3.94. The van der Waals surface area contributed by atoms with Gasteiger partial charge in [0.05, 0.1) is 22.2 Å². The van der Waals surface area contributed by atoms with E-state index < -0.39 is 16.0 Å². The van der Waals surface area contributed by atoms with Crippen LogP contribution in [0.1, 0.15) is 35.3 Å². The van der Waals surface area contributed by atoms with Crippen LogP contribution in [0.2, 0.25) is 5.02 Å². The maximum atomic E-state index is 12.7. The molecule has 0 heterocycles. The number of sulfonamides is 1. The highest BCUT2D eigenvalue weighted by molar-refractivity contribution is 7.89. The quantitative estimate of drug-likeness (QED) is 0.655. The van der Waals surface area contributed by atoms with Gasteiger partial charge in [-0.25, -0.2) is 13.2 Å². The van der Waals surface area contributed by atoms with Gasteiger partial charge >= 0.3 is 5.97 Å². The molecule has 0 amide bonds. The van der Waals surface area contributed by atoms with Crippen LogP contribution >= 0.6 is 11.6 Å². The van der Waals surface area contributed by atoms with Crippen molar-refractivity contribution >= 4 is 27.6 Å². The van der Waals surface area contributed by atoms with Gasteiger partial charge in [-0.3, -0.25) is 0 Å². The molecule has 0 saturated carbocycles. The van der Waals surface area contributed by atoms with E-state index in [2.05, 4.69) is 0 Å². The number of nitriles is 1. The predicted octanol–water partition coefficient (Wildman–Crippen LogP) is 3.60. The zero-order chi connectivity index (χ0) is 20.0. The Labute approximate surface area is 164 Å². The second-order valence-corrected chi connectivity index (χ2v) is 7.93. The number of benzene rings is 2. The highest BCUT2D eigenvalue weighted by Gasteiger charge is 2.25. The number of halogens is 1. The van der Waals surface area contributed by atoms with Crippen molar-refractivity contribution in [3.8, 4) is 6.07 Å². The van der Waals surface area contributed by atoms with Gasteiger partial charge in [-0.1, -0.05) is 37.6 Å². The van der Waals surface area contributed by atoms with Gasteiger partial charge in [-0.05, 0) is 35.9 Å². The van der Waals surface area contributed by atoms with Crippen molar-refractivity contribution in [2.75, 3.05) is 13.1 Å². The summed E-state index contributed by atoms with van der Waals surface area (Å²) >= 11 is 6.06. The van der Waals surface area contributed by atoms with Crippen LogP contribution in [-0.4, -0.2) is 31.8 Å². The molecule has 0 aromatic heterocycles. The maximum absolute atomic E-state index is 12.7. The first kappa shape index (κ1) is 20.9. The molecule has 0 fully saturated rings. The molecule has 2 rings (SSSR count). The van der Waals surface area contributed by atoms with E-state index in [0.717, 1.165) is 0 Å². The van der Waals surface area contributed by atoms with Crippen LogP contribution in [0.4, 0.5) is 0 Å². The Kier molecular flexibility index (Phi) is 6.97. The summed E-state index contributed by atoms with van der Waals surface area (Å²) < 4.78 is 31.9. The van der Waals surface area contributed by atoms with Crippen LogP contribution in [0, 0.1) is 11.3 Å². The van der Waals surface area contributed by atoms with E-state index in [1.165, 1.54) is 22.5 Å². The fraction of sp³-hybridized carbons (Fsp3) is 0.263. The zero-order valence-corrected chi connectivity index (χ0v) is 16.5. The van der Waals surface area contributed by atoms with Crippen molar-refractivity contribution in [3.05, 3.63) is 64.2 Å². The van der Waals surface area contributed by atoms with E-state index in [0.29, 0.717) is 24.2 Å². The summed E-state index contributed by atoms with van der Waals surface area (Å²) in [5.74, 6) is -0.660. The molecule has 2 aromatic carbocycles. The summed E-state index contributed by atoms with van der Waals surface area (Å²) in [6, 6.07) is 12.7. The van der Waals surface area contributed by atoms with E-state index in [4.69, 9.17) is 21.6 Å². The van der Waals surface area contributed by atoms with Crippen molar-refractivity contribution in [2.24, 2.45) is 0 Å². The van der Waals surface area contributed by atoms with Gasteiger partial charge in [0, 0.05) is 13.1 Å². The van der Waals surface area contributed by atoms with Crippen LogP contribution in [0.25, 0.3) is 0 Å². The van der Waals surface area contributed by atoms with Crippen LogP contribution in [0.3, 0.4) is 0 Å². The first-order valence-electron chi connectivity index (χ1n) is 8.29. The molecule has 27 heavy (non-hydrogen) atoms. The molecule has 142 valence electrons. The van der Waals surface area contributed by atoms with Gasteiger partial charge in [0.1, 0.15) is 11.5 Å². The first-order valence-corrected chi connectivity index (χ1v) is 10.1. The molecule has 0 bridgehead atoms. The minimum atomic E-state index is -3.80. The van der Waals surface area contributed by atoms with Crippen molar-refractivity contribution in [1.29, 1.82) is 5.26 Å². The van der Waals surface area contributed by atoms with Gasteiger partial charge in [-0.15, -0.1) is 0 Å². The summed E-state index contributed by atoms with van der Waals surface area (Å²) in [6.45, 7) is 4.05. The summed E-state index contributed by atoms with van der Waals surface area (Å²) in [6.07, 6.45) is 0. The van der Waals surface area contributed by atoms with Crippen LogP contribution < -0.4 is 0 Å². The molecule has 6 nitrogen and oxygen atoms in total. The lowest BCUT2D eigenvalue weighted by Crippen LogP contribution is -2.31. The third-order valence-corrected chi connectivity index (χ3v) is 6.47. The average molecular weight is 407 g/mol. The standard InChI is InChI=1S/C19H19ClN2O4S/c1-3-22(4-2)27(24,25)18-11-16(9-10-17(18)20)19(23)26-13-15-7-5-14(12-21)6-8-15/h5-11H,3-4,13H2,1-2H3. The van der Waals surface area contributed by atoms with Crippen molar-refractivity contribution < 1.29 is 17.9 Å². The molecule has 2 aromatic rings. The number of carbonyl (C=O) groups excluding carboxylic acids is 1. The lowest BCUT2D eigenvalue weighted by Gasteiger charge is -2.19. The fourth-order valence-corrected chi connectivity index (χ4v) is 4.40. The van der Waals surface area contributed by atoms with Gasteiger partial charge in [-0.2, -0.15) is 9.57 Å². The van der Waals surface area contributed by atoms with Crippen molar-refractivity contribution in [2.45, 2.75) is 25.3 Å². The van der Waals surface area contributed by atoms with E-state index in [9.17, 15) is 13.2 Å². The Bertz CT molecular complexity index is 962. The second kappa shape index (κ2) is 9.00. The molecule has 0 aliphatic heterocycles. The number of nitrogens with zero attached hydrogens (tertiary/aromatic N) is 2. The molecule has 0 aliphatic rings. The normalized spacial score (nSPS) is 11.2. The predicted molar refractivity (Wildman–Crippen MR) is 102 cm³/mol. The van der Waals surface area contributed by atoms with E-state index in [-0.39, 0.29) is 22.1 Å². The summed E-state index contributed by atoms with van der Waals surface area (Å²) in [5, 5.41) is 8.83. The largest absolute Gasteiger partial charge is 0.457 e. The topological polar surface area (TPSA) is 87.5 Å². The number of hydrogen-bond donors (Lipinski definition) is 0. The molecule has 0 saturated heterocycles. The van der Waals surface area contributed by atoms with Gasteiger partial charge in [0.25, 0.3) is 0 Å². The summed E-state index contributed by atoms with van der Waals surface area (Å²) in [7, 11) is -3.80. The second-order valence-electron chi connectivity index (χ2n) is 5.62. The summed E-state index contributed by atoms with van der Waals surface area (Å²) in [4.78, 5) is 12.2. The van der Waals surface area contributed by atoms with E-state index in [1.54, 1.807) is 38.1 Å². The lowest BCUT2D eigenvalue weighted by atomic mass is 10.1. The van der Waals surface area contributed by atoms with Crippen LogP contribution in [0.15, 0.2) is 47.4 Å². The summed E-state index contributed by atoms with van der Waals surface area (Å²) in [5.41, 5.74) is 1.32. The van der Waals surface area contributed by atoms with Crippen LogP contribution in [0.5, 0.6) is 0 Å². The Morgan fingerprint density at radius 1 is 1.15 bits per heavy atom. The monoisotopic (exact) mass is 406 g/mol. The highest BCUT2D eigenvalue weighted by Crippen LogP contribution is 2.26. The number of ether oxygens (including phenoxy) is 1. The van der Waals surface area contributed by atoms with E-state index >= 15 is 0 Å². The minimum Gasteiger partial charge on any atom is -0.457 e. The van der Waals surface area contributed by atoms with Crippen molar-refractivity contribution in [1.82, 2.24) is 4.31 Å². The molecule has 0 spiro atoms. The van der Waals surface area contributed by atoms with E-state index in [1.807, 2.05) is 6.07 Å². The maximum Gasteiger partial charge on any atom is 0.338 e. The fourth-order valence-electron chi connectivity index (χ4n) is 2.44. The molecule has 8 heteroatoms. The smallest absolute Gasteiger partial charge is 0.338 e. The zero-order valence-electron chi connectivity index (χ0n) is 15.0. The number of hydrogen-bond acceptors (Lipinski definition) is 5. The molecule has 0 aliphatic carbocycles. The SMILES string of the molecule is CCN(CC)S(=O)(=O)c1cc(C(=O)OCc2ccc(C#N)cc2)ccc1Cl. The Hall–Kier alpha value is -2.40. The average Bonchev–Trinajstić information content (AvgIpc) is 2.67. The number of carbonyl (C=O) groups is 1. The Balaban J connectivity index is 2.21. The highest BCUT2D eigenvalue weighted by atomic mass is 35.5. The van der Waals surface area contributed by atoms with Gasteiger partial charge in [0.15, 0.2) is 0 Å². The first-order chi connectivity index (χ1) is 12.8.